The van der Waals surface area contributed by atoms with Crippen molar-refractivity contribution in [3.05, 3.63) is 65.2 Å². The molecule has 0 aliphatic rings. The maximum atomic E-state index is 12.2. The normalized spacial score (nSPS) is 10.0. The molecule has 0 amide bonds. The Morgan fingerprint density at radius 1 is 0.897 bits per heavy atom. The Morgan fingerprint density at radius 2 is 1.55 bits per heavy atom. The molecule has 0 saturated heterocycles. The van der Waals surface area contributed by atoms with E-state index in [1.54, 1.807) is 39.2 Å². The molecule has 0 aliphatic heterocycles. The third kappa shape index (κ3) is 6.68. The summed E-state index contributed by atoms with van der Waals surface area (Å²) in [5.74, 6) is -0.380. The third-order valence-corrected chi connectivity index (χ3v) is 3.98. The first-order valence-electron chi connectivity index (χ1n) is 9.49. The highest BCUT2D eigenvalue weighted by atomic mass is 16.6. The summed E-state index contributed by atoms with van der Waals surface area (Å²) in [5, 5.41) is 0. The van der Waals surface area contributed by atoms with Crippen molar-refractivity contribution in [2.75, 3.05) is 26.9 Å². The first-order chi connectivity index (χ1) is 14.1. The van der Waals surface area contributed by atoms with Gasteiger partial charge in [-0.2, -0.15) is 0 Å². The number of ether oxygens (including phenoxy) is 4. The zero-order valence-corrected chi connectivity index (χ0v) is 17.0. The van der Waals surface area contributed by atoms with Crippen molar-refractivity contribution in [2.24, 2.45) is 0 Å². The van der Waals surface area contributed by atoms with E-state index in [0.29, 0.717) is 23.7 Å². The van der Waals surface area contributed by atoms with E-state index in [-0.39, 0.29) is 18.8 Å². The summed E-state index contributed by atoms with van der Waals surface area (Å²) in [6, 6.07) is 15.1. The fourth-order valence-electron chi connectivity index (χ4n) is 2.60. The number of esters is 2. The van der Waals surface area contributed by atoms with E-state index in [0.717, 1.165) is 12.0 Å². The Bertz CT molecular complexity index is 822. The quantitative estimate of drug-likeness (QED) is 0.262. The van der Waals surface area contributed by atoms with Gasteiger partial charge in [0.2, 0.25) is 0 Å². The van der Waals surface area contributed by atoms with Crippen molar-refractivity contribution in [1.82, 2.24) is 0 Å². The molecule has 6 nitrogen and oxygen atoms in total. The Labute approximate surface area is 171 Å². The van der Waals surface area contributed by atoms with Crippen molar-refractivity contribution in [3.8, 4) is 11.5 Å². The molecule has 0 bridgehead atoms. The van der Waals surface area contributed by atoms with E-state index in [1.165, 1.54) is 6.08 Å². The second kappa shape index (κ2) is 11.5. The van der Waals surface area contributed by atoms with Gasteiger partial charge >= 0.3 is 11.9 Å². The predicted octanol–water partition coefficient (Wildman–Crippen LogP) is 3.83. The molecule has 0 radical (unpaired) electrons. The molecule has 0 saturated carbocycles. The minimum absolute atomic E-state index is 0.159. The number of carbonyl (C=O) groups is 2. The highest BCUT2D eigenvalue weighted by Gasteiger charge is 2.21. The van der Waals surface area contributed by atoms with Crippen molar-refractivity contribution in [1.29, 1.82) is 0 Å². The van der Waals surface area contributed by atoms with Crippen molar-refractivity contribution in [2.45, 2.75) is 20.3 Å². The summed E-state index contributed by atoms with van der Waals surface area (Å²) in [4.78, 5) is 24.3. The van der Waals surface area contributed by atoms with Gasteiger partial charge in [-0.15, -0.1) is 0 Å². The van der Waals surface area contributed by atoms with Crippen LogP contribution in [0.15, 0.2) is 54.1 Å². The van der Waals surface area contributed by atoms with E-state index in [9.17, 15) is 9.59 Å². The number of hydrogen-bond donors (Lipinski definition) is 0. The first-order valence-corrected chi connectivity index (χ1v) is 9.49. The molecule has 0 N–H and O–H groups in total. The van der Waals surface area contributed by atoms with Gasteiger partial charge in [0.25, 0.3) is 0 Å². The average molecular weight is 398 g/mol. The highest BCUT2D eigenvalue weighted by molar-refractivity contribution is 6.17. The van der Waals surface area contributed by atoms with E-state index < -0.39 is 11.9 Å². The van der Waals surface area contributed by atoms with E-state index in [2.05, 4.69) is 0 Å². The lowest BCUT2D eigenvalue weighted by molar-refractivity contribution is -0.146. The summed E-state index contributed by atoms with van der Waals surface area (Å²) in [7, 11) is 1.55. The lowest BCUT2D eigenvalue weighted by Gasteiger charge is -2.12. The second-order valence-electron chi connectivity index (χ2n) is 5.99. The molecular weight excluding hydrogens is 372 g/mol. The van der Waals surface area contributed by atoms with Gasteiger partial charge in [0.1, 0.15) is 5.57 Å². The summed E-state index contributed by atoms with van der Waals surface area (Å²) >= 11 is 0. The van der Waals surface area contributed by atoms with Crippen LogP contribution in [0.3, 0.4) is 0 Å². The van der Waals surface area contributed by atoms with Crippen LogP contribution in [0.1, 0.15) is 25.0 Å². The Morgan fingerprint density at radius 3 is 2.14 bits per heavy atom. The monoisotopic (exact) mass is 398 g/mol. The van der Waals surface area contributed by atoms with Crippen LogP contribution in [0.25, 0.3) is 6.08 Å². The summed E-state index contributed by atoms with van der Waals surface area (Å²) < 4.78 is 21.2. The van der Waals surface area contributed by atoms with Crippen LogP contribution in [0.4, 0.5) is 0 Å². The molecule has 0 aliphatic carbocycles. The van der Waals surface area contributed by atoms with E-state index in [4.69, 9.17) is 18.9 Å². The largest absolute Gasteiger partial charge is 0.493 e. The molecule has 2 aromatic carbocycles. The number of rotatable bonds is 10. The Kier molecular flexibility index (Phi) is 8.76. The SMILES string of the molecule is CCOC(=O)C(=Cc1ccc(OC)c(OCCc2ccccc2)c1)C(=O)OCC. The number of benzene rings is 2. The predicted molar refractivity (Wildman–Crippen MR) is 110 cm³/mol. The van der Waals surface area contributed by atoms with Gasteiger partial charge in [-0.05, 0) is 43.2 Å². The second-order valence-corrected chi connectivity index (χ2v) is 5.99. The smallest absolute Gasteiger partial charge is 0.345 e. The molecule has 0 heterocycles. The van der Waals surface area contributed by atoms with Crippen molar-refractivity contribution < 1.29 is 28.5 Å². The van der Waals surface area contributed by atoms with E-state index >= 15 is 0 Å². The fraction of sp³-hybridized carbons (Fsp3) is 0.304. The zero-order chi connectivity index (χ0) is 21.1. The summed E-state index contributed by atoms with van der Waals surface area (Å²) in [5.41, 5.74) is 1.58. The maximum Gasteiger partial charge on any atom is 0.345 e. The van der Waals surface area contributed by atoms with Gasteiger partial charge in [0.05, 0.1) is 26.9 Å². The van der Waals surface area contributed by atoms with Crippen LogP contribution < -0.4 is 9.47 Å². The van der Waals surface area contributed by atoms with Crippen molar-refractivity contribution >= 4 is 18.0 Å². The topological polar surface area (TPSA) is 71.1 Å². The standard InChI is InChI=1S/C23H26O6/c1-4-27-22(24)19(23(25)28-5-2)15-18-11-12-20(26-3)21(16-18)29-14-13-17-9-7-6-8-10-17/h6-12,15-16H,4-5,13-14H2,1-3H3. The Balaban J connectivity index is 2.22. The molecule has 0 aromatic heterocycles. The molecule has 2 rings (SSSR count). The molecule has 0 spiro atoms. The molecule has 0 fully saturated rings. The molecule has 154 valence electrons. The zero-order valence-electron chi connectivity index (χ0n) is 17.0. The van der Waals surface area contributed by atoms with Crippen LogP contribution in [-0.2, 0) is 25.5 Å². The van der Waals surface area contributed by atoms with Crippen molar-refractivity contribution in [3.63, 3.8) is 0 Å². The fourth-order valence-corrected chi connectivity index (χ4v) is 2.60. The Hall–Kier alpha value is -3.28. The van der Waals surface area contributed by atoms with E-state index in [1.807, 2.05) is 30.3 Å². The molecule has 0 atom stereocenters. The van der Waals surface area contributed by atoms with Crippen LogP contribution in [0.5, 0.6) is 11.5 Å². The lowest BCUT2D eigenvalue weighted by atomic mass is 10.1. The lowest BCUT2D eigenvalue weighted by Crippen LogP contribution is -2.18. The van der Waals surface area contributed by atoms with Crippen LogP contribution in [-0.4, -0.2) is 38.9 Å². The van der Waals surface area contributed by atoms with Crippen LogP contribution in [0.2, 0.25) is 0 Å². The highest BCUT2D eigenvalue weighted by Crippen LogP contribution is 2.29. The van der Waals surface area contributed by atoms with Gasteiger partial charge in [-0.1, -0.05) is 36.4 Å². The molecule has 2 aromatic rings. The number of carbonyl (C=O) groups excluding carboxylic acids is 2. The molecule has 29 heavy (non-hydrogen) atoms. The van der Waals surface area contributed by atoms with Crippen LogP contribution in [0, 0.1) is 0 Å². The molecular formula is C23H26O6. The van der Waals surface area contributed by atoms with Gasteiger partial charge in [-0.25, -0.2) is 9.59 Å². The van der Waals surface area contributed by atoms with Gasteiger partial charge < -0.3 is 18.9 Å². The minimum Gasteiger partial charge on any atom is -0.493 e. The summed E-state index contributed by atoms with van der Waals surface area (Å²) in [6.07, 6.45) is 2.17. The van der Waals surface area contributed by atoms with Gasteiger partial charge in [0.15, 0.2) is 11.5 Å². The minimum atomic E-state index is -0.728. The van der Waals surface area contributed by atoms with Gasteiger partial charge in [-0.3, -0.25) is 0 Å². The average Bonchev–Trinajstić information content (AvgIpc) is 2.73. The van der Waals surface area contributed by atoms with Crippen LogP contribution >= 0.6 is 0 Å². The molecule has 6 heteroatoms. The summed E-state index contributed by atoms with van der Waals surface area (Å²) in [6.45, 7) is 4.12. The van der Waals surface area contributed by atoms with Gasteiger partial charge in [0, 0.05) is 6.42 Å². The third-order valence-electron chi connectivity index (χ3n) is 3.98. The number of hydrogen-bond acceptors (Lipinski definition) is 6. The number of methoxy groups -OCH3 is 1. The first kappa shape index (κ1) is 22.0. The molecule has 0 unspecified atom stereocenters. The maximum absolute atomic E-state index is 12.2.